The second kappa shape index (κ2) is 5.02. The number of hydroxylamine groups is 1. The van der Waals surface area contributed by atoms with E-state index in [4.69, 9.17) is 9.57 Å². The Labute approximate surface area is 93.1 Å². The van der Waals surface area contributed by atoms with Crippen LogP contribution in [0.4, 0.5) is 0 Å². The number of carbonyl (C=O) groups is 1. The maximum absolute atomic E-state index is 11.5. The number of rotatable bonds is 3. The monoisotopic (exact) mass is 217 g/mol. The number of hydrogen-bond acceptors (Lipinski definition) is 4. The fourth-order valence-corrected chi connectivity index (χ4v) is 1.22. The first-order chi connectivity index (χ1) is 7.86. The average molecular weight is 217 g/mol. The summed E-state index contributed by atoms with van der Waals surface area (Å²) in [5.41, 5.74) is 3.69. The number of ether oxygens (including phenoxy) is 1. The number of benzene rings is 1. The highest BCUT2D eigenvalue weighted by atomic mass is 16.6. The van der Waals surface area contributed by atoms with Crippen LogP contribution in [-0.4, -0.2) is 5.97 Å². The van der Waals surface area contributed by atoms with Crippen molar-refractivity contribution in [3.05, 3.63) is 60.0 Å². The topological polar surface area (TPSA) is 47.6 Å². The van der Waals surface area contributed by atoms with E-state index >= 15 is 0 Å². The third-order valence-corrected chi connectivity index (χ3v) is 2.01. The van der Waals surface area contributed by atoms with E-state index in [1.165, 1.54) is 6.26 Å². The minimum Gasteiger partial charge on any atom is -0.456 e. The molecule has 1 aliphatic heterocycles. The molecule has 16 heavy (non-hydrogen) atoms. The van der Waals surface area contributed by atoms with E-state index < -0.39 is 5.97 Å². The Bertz CT molecular complexity index is 423. The Balaban J connectivity index is 1.89. The van der Waals surface area contributed by atoms with Crippen molar-refractivity contribution in [1.82, 2.24) is 5.48 Å². The van der Waals surface area contributed by atoms with Gasteiger partial charge in [0.1, 0.15) is 12.9 Å². The molecule has 1 N–H and O–H groups in total. The molecule has 4 heteroatoms. The van der Waals surface area contributed by atoms with Gasteiger partial charge in [-0.2, -0.15) is 0 Å². The molecule has 0 amide bonds. The van der Waals surface area contributed by atoms with Crippen LogP contribution in [0.25, 0.3) is 0 Å². The summed E-state index contributed by atoms with van der Waals surface area (Å²) in [7, 11) is 0. The van der Waals surface area contributed by atoms with Gasteiger partial charge >= 0.3 is 5.97 Å². The molecule has 1 aromatic carbocycles. The smallest absolute Gasteiger partial charge is 0.358 e. The van der Waals surface area contributed by atoms with Crippen molar-refractivity contribution >= 4 is 5.97 Å². The Kier molecular flexibility index (Phi) is 3.23. The van der Waals surface area contributed by atoms with E-state index in [0.717, 1.165) is 5.56 Å². The Hall–Kier alpha value is -2.23. The predicted octanol–water partition coefficient (Wildman–Crippen LogP) is 1.66. The van der Waals surface area contributed by atoms with E-state index in [9.17, 15) is 4.79 Å². The molecule has 1 aliphatic rings. The van der Waals surface area contributed by atoms with Gasteiger partial charge in [-0.05, 0) is 17.7 Å². The van der Waals surface area contributed by atoms with Gasteiger partial charge in [-0.3, -0.25) is 0 Å². The van der Waals surface area contributed by atoms with Crippen LogP contribution in [0.15, 0.2) is 54.4 Å². The summed E-state index contributed by atoms with van der Waals surface area (Å²) in [6.45, 7) is 0.252. The van der Waals surface area contributed by atoms with Crippen molar-refractivity contribution in [3.8, 4) is 0 Å². The molecule has 0 aromatic heterocycles. The van der Waals surface area contributed by atoms with E-state index in [1.807, 2.05) is 30.3 Å². The zero-order valence-corrected chi connectivity index (χ0v) is 8.55. The summed E-state index contributed by atoms with van der Waals surface area (Å²) in [4.78, 5) is 16.3. The maximum atomic E-state index is 11.5. The lowest BCUT2D eigenvalue weighted by molar-refractivity contribution is -0.142. The van der Waals surface area contributed by atoms with E-state index in [1.54, 1.807) is 12.2 Å². The summed E-state index contributed by atoms with van der Waals surface area (Å²) in [6, 6.07) is 9.49. The quantitative estimate of drug-likeness (QED) is 0.782. The lowest BCUT2D eigenvalue weighted by Gasteiger charge is -2.11. The second-order valence-electron chi connectivity index (χ2n) is 3.19. The van der Waals surface area contributed by atoms with Crippen molar-refractivity contribution in [2.75, 3.05) is 0 Å². The molecule has 0 atom stereocenters. The normalized spacial score (nSPS) is 13.4. The number of esters is 1. The first-order valence-electron chi connectivity index (χ1n) is 4.86. The lowest BCUT2D eigenvalue weighted by atomic mass is 10.2. The molecular weight excluding hydrogens is 206 g/mol. The molecule has 82 valence electrons. The standard InChI is InChI=1S/C12H11NO3/c14-12(11-7-4-8-16-13-11)15-9-10-5-2-1-3-6-10/h1-8,13H,9H2. The largest absolute Gasteiger partial charge is 0.456 e. The molecule has 1 heterocycles. The lowest BCUT2D eigenvalue weighted by Crippen LogP contribution is -2.22. The third kappa shape index (κ3) is 2.63. The van der Waals surface area contributed by atoms with Gasteiger partial charge in [-0.15, -0.1) is 0 Å². The van der Waals surface area contributed by atoms with E-state index in [2.05, 4.69) is 5.48 Å². The van der Waals surface area contributed by atoms with Crippen molar-refractivity contribution in [2.24, 2.45) is 0 Å². The molecule has 0 fully saturated rings. The molecule has 0 bridgehead atoms. The van der Waals surface area contributed by atoms with Crippen LogP contribution in [-0.2, 0) is 21.0 Å². The molecule has 2 rings (SSSR count). The molecule has 4 nitrogen and oxygen atoms in total. The van der Waals surface area contributed by atoms with Gasteiger partial charge in [0.05, 0.1) is 0 Å². The molecular formula is C12H11NO3. The third-order valence-electron chi connectivity index (χ3n) is 2.01. The number of nitrogens with one attached hydrogen (secondary N) is 1. The summed E-state index contributed by atoms with van der Waals surface area (Å²) in [6.07, 6.45) is 4.65. The van der Waals surface area contributed by atoms with Crippen LogP contribution in [0.1, 0.15) is 5.56 Å². The van der Waals surface area contributed by atoms with Crippen molar-refractivity contribution in [2.45, 2.75) is 6.61 Å². The van der Waals surface area contributed by atoms with Gasteiger partial charge in [0.25, 0.3) is 0 Å². The Morgan fingerprint density at radius 2 is 2.12 bits per heavy atom. The fourth-order valence-electron chi connectivity index (χ4n) is 1.22. The number of allylic oxidation sites excluding steroid dienone is 2. The highest BCUT2D eigenvalue weighted by molar-refractivity contribution is 5.88. The highest BCUT2D eigenvalue weighted by Crippen LogP contribution is 2.05. The van der Waals surface area contributed by atoms with Crippen LogP contribution in [0.5, 0.6) is 0 Å². The summed E-state index contributed by atoms with van der Waals surface area (Å²) in [5.74, 6) is -0.437. The van der Waals surface area contributed by atoms with Gasteiger partial charge in [0, 0.05) is 0 Å². The van der Waals surface area contributed by atoms with Crippen molar-refractivity contribution in [3.63, 3.8) is 0 Å². The first-order valence-corrected chi connectivity index (χ1v) is 4.86. The highest BCUT2D eigenvalue weighted by Gasteiger charge is 2.12. The Morgan fingerprint density at radius 3 is 2.81 bits per heavy atom. The van der Waals surface area contributed by atoms with Gasteiger partial charge in [0.15, 0.2) is 5.70 Å². The van der Waals surface area contributed by atoms with Crippen LogP contribution in [0.3, 0.4) is 0 Å². The zero-order valence-electron chi connectivity index (χ0n) is 8.55. The summed E-state index contributed by atoms with van der Waals surface area (Å²) in [5, 5.41) is 0. The van der Waals surface area contributed by atoms with Crippen LogP contribution >= 0.6 is 0 Å². The van der Waals surface area contributed by atoms with Crippen molar-refractivity contribution < 1.29 is 14.4 Å². The SMILES string of the molecule is O=C(OCc1ccccc1)C1=CC=CON1. The van der Waals surface area contributed by atoms with Gasteiger partial charge in [-0.25, -0.2) is 10.3 Å². The number of hydrogen-bond donors (Lipinski definition) is 1. The van der Waals surface area contributed by atoms with E-state index in [-0.39, 0.29) is 6.61 Å². The predicted molar refractivity (Wildman–Crippen MR) is 57.7 cm³/mol. The fraction of sp³-hybridized carbons (Fsp3) is 0.0833. The molecule has 0 aliphatic carbocycles. The molecule has 0 saturated heterocycles. The van der Waals surface area contributed by atoms with Crippen LogP contribution in [0.2, 0.25) is 0 Å². The van der Waals surface area contributed by atoms with Crippen LogP contribution < -0.4 is 5.48 Å². The minimum atomic E-state index is -0.437. The maximum Gasteiger partial charge on any atom is 0.358 e. The van der Waals surface area contributed by atoms with Gasteiger partial charge < -0.3 is 9.57 Å². The molecule has 1 aromatic rings. The molecule has 0 unspecified atom stereocenters. The minimum absolute atomic E-state index is 0.252. The summed E-state index contributed by atoms with van der Waals surface area (Å²) >= 11 is 0. The Morgan fingerprint density at radius 1 is 1.31 bits per heavy atom. The molecule has 0 radical (unpaired) electrons. The van der Waals surface area contributed by atoms with Crippen LogP contribution in [0, 0.1) is 0 Å². The van der Waals surface area contributed by atoms with Crippen molar-refractivity contribution in [1.29, 1.82) is 0 Å². The average Bonchev–Trinajstić information content (AvgIpc) is 2.38. The molecule has 0 spiro atoms. The van der Waals surface area contributed by atoms with E-state index in [0.29, 0.717) is 5.70 Å². The first kappa shape index (κ1) is 10.3. The second-order valence-corrected chi connectivity index (χ2v) is 3.19. The molecule has 0 saturated carbocycles. The number of carbonyl (C=O) groups excluding carboxylic acids is 1. The zero-order chi connectivity index (χ0) is 11.2. The van der Waals surface area contributed by atoms with Gasteiger partial charge in [0.2, 0.25) is 0 Å². The van der Waals surface area contributed by atoms with Gasteiger partial charge in [-0.1, -0.05) is 30.3 Å². The summed E-state index contributed by atoms with van der Waals surface area (Å²) < 4.78 is 5.08.